The molecule has 12 nitrogen and oxygen atoms in total. The van der Waals surface area contributed by atoms with Gasteiger partial charge in [-0.05, 0) is 147 Å². The highest BCUT2D eigenvalue weighted by Gasteiger charge is 2.88. The molecule has 0 spiro atoms. The number of esters is 3. The highest BCUT2D eigenvalue weighted by atomic mass is 16.7. The maximum atomic E-state index is 18.3. The van der Waals surface area contributed by atoms with Crippen molar-refractivity contribution in [3.63, 3.8) is 0 Å². The predicted octanol–water partition coefficient (Wildman–Crippen LogP) is 34.6. The van der Waals surface area contributed by atoms with Gasteiger partial charge in [0.25, 0.3) is 16.8 Å². The summed E-state index contributed by atoms with van der Waals surface area (Å²) in [6.45, 7) is 13.5. The van der Waals surface area contributed by atoms with Crippen LogP contribution in [0.25, 0.3) is 0 Å². The zero-order valence-corrected chi connectivity index (χ0v) is 88.0. The molecule has 1 saturated carbocycles. The van der Waals surface area contributed by atoms with Gasteiger partial charge in [0.15, 0.2) is 0 Å². The fourth-order valence-corrected chi connectivity index (χ4v) is 20.9. The van der Waals surface area contributed by atoms with Crippen LogP contribution in [0.5, 0.6) is 0 Å². The second-order valence-electron chi connectivity index (χ2n) is 41.6. The summed E-state index contributed by atoms with van der Waals surface area (Å²) >= 11 is 0. The quantitative estimate of drug-likeness (QED) is 0.0142. The smallest absolute Gasteiger partial charge is 0.339 e. The molecule has 3 N–H and O–H groups in total. The lowest BCUT2D eigenvalue weighted by atomic mass is 9.52. The van der Waals surface area contributed by atoms with Crippen molar-refractivity contribution in [1.82, 2.24) is 0 Å². The van der Waals surface area contributed by atoms with Crippen LogP contribution in [0.3, 0.4) is 0 Å². The lowest BCUT2D eigenvalue weighted by molar-refractivity contribution is -0.293. The molecule has 7 rings (SSSR count). The number of carbonyl (C=O) groups excluding carboxylic acids is 6. The number of Topliss-reactive ketones (excluding diaryl/α,β-unsaturated/α-hetero) is 3. The minimum atomic E-state index is -4.04. The average molecular weight is 1900 g/mol. The van der Waals surface area contributed by atoms with Gasteiger partial charge in [-0.15, -0.1) is 0 Å². The topological polar surface area (TPSA) is 191 Å². The molecule has 1 aliphatic rings. The molecule has 0 aliphatic heterocycles. The Morgan fingerprint density at radius 2 is 0.326 bits per heavy atom. The molecular formula is C126H192O12. The fourth-order valence-electron chi connectivity index (χ4n) is 20.9. The lowest BCUT2D eigenvalue weighted by Crippen LogP contribution is -2.91. The second-order valence-corrected chi connectivity index (χ2v) is 41.6. The molecule has 768 valence electrons. The maximum Gasteiger partial charge on any atom is 0.339 e. The van der Waals surface area contributed by atoms with Gasteiger partial charge in [-0.1, -0.05) is 536 Å². The molecule has 0 radical (unpaired) electrons. The zero-order chi connectivity index (χ0) is 98.6. The summed E-state index contributed by atoms with van der Waals surface area (Å²) in [7, 11) is 0. The molecule has 12 heteroatoms. The van der Waals surface area contributed by atoms with Crippen LogP contribution >= 0.6 is 0 Å². The van der Waals surface area contributed by atoms with Gasteiger partial charge in [0.2, 0.25) is 17.3 Å². The number of ether oxygens (including phenoxy) is 3. The van der Waals surface area contributed by atoms with E-state index in [0.717, 1.165) is 187 Å². The first-order valence-electron chi connectivity index (χ1n) is 57.5. The van der Waals surface area contributed by atoms with Crippen LogP contribution < -0.4 is 0 Å². The Labute approximate surface area is 839 Å². The maximum absolute atomic E-state index is 18.3. The normalized spacial score (nSPS) is 17.0. The zero-order valence-electron chi connectivity index (χ0n) is 88.0. The average Bonchev–Trinajstić information content (AvgIpc) is 0.656. The van der Waals surface area contributed by atoms with Crippen molar-refractivity contribution in [2.24, 2.45) is 0 Å². The molecule has 6 aromatic carbocycles. The second kappa shape index (κ2) is 72.0. The Bertz CT molecular complexity index is 3980. The highest BCUT2D eigenvalue weighted by molar-refractivity contribution is 6.21. The predicted molar refractivity (Wildman–Crippen MR) is 575 cm³/mol. The third-order valence-corrected chi connectivity index (χ3v) is 29.9. The van der Waals surface area contributed by atoms with Crippen molar-refractivity contribution in [3.05, 3.63) is 212 Å². The van der Waals surface area contributed by atoms with Crippen molar-refractivity contribution in [3.8, 4) is 0 Å². The summed E-state index contributed by atoms with van der Waals surface area (Å²) in [6.07, 6.45) is 72.0. The molecule has 138 heavy (non-hydrogen) atoms. The Morgan fingerprint density at radius 1 is 0.188 bits per heavy atom. The number of unbranched alkanes of at least 4 members (excludes halogenated alkanes) is 60. The number of carbonyl (C=O) groups is 6. The summed E-state index contributed by atoms with van der Waals surface area (Å²) in [5.74, 6) is -8.22. The molecule has 6 aromatic rings. The van der Waals surface area contributed by atoms with E-state index >= 15 is 28.8 Å². The van der Waals surface area contributed by atoms with E-state index < -0.39 is 70.4 Å². The minimum Gasteiger partial charge on any atom is -0.439 e. The standard InChI is InChI=1S/C126H192O12/c1-7-13-19-25-31-37-43-49-55-61-67-73-103-79-91-109(92-80-103)116(128)124(136-121(133)112-97-85-106(86-98-112)76-70-64-58-52-46-40-34-28-22-16-10-4)119(131)115(127)120(132)125(117(129)110-93-81-104(82-94-110)74-68-62-56-50-44-38-32-26-20-14-8-2,137-122(134)113-99-87-107(88-100-113)77-71-65-59-53-47-41-35-29-23-17-11-5)126(124,118(130)111-95-83-105(84-96-111)75-69-63-57-51-45-39-33-27-21-15-9-3)138-123(135)114-101-89-108(90-102-114)78-72-66-60-54-48-42-36-30-24-18-12-6/h79-102,115,119-120,127,131-132H,7-78H2,1-6H3/t115-,119-,120+,124+,125-,126-. The molecule has 1 fully saturated rings. The van der Waals surface area contributed by atoms with Gasteiger partial charge in [-0.25, -0.2) is 14.4 Å². The van der Waals surface area contributed by atoms with E-state index in [1.165, 1.54) is 342 Å². The molecule has 0 heterocycles. The van der Waals surface area contributed by atoms with E-state index in [1.54, 1.807) is 72.8 Å². The molecule has 0 amide bonds. The number of benzene rings is 6. The Hall–Kier alpha value is -7.38. The van der Waals surface area contributed by atoms with Crippen molar-refractivity contribution in [2.45, 2.75) is 539 Å². The number of aliphatic hydroxyl groups is 3. The summed E-state index contributed by atoms with van der Waals surface area (Å²) in [4.78, 5) is 104. The van der Waals surface area contributed by atoms with Gasteiger partial charge in [-0.2, -0.15) is 0 Å². The molecule has 1 aliphatic carbocycles. The highest BCUT2D eigenvalue weighted by Crippen LogP contribution is 2.57. The first-order valence-corrected chi connectivity index (χ1v) is 57.5. The van der Waals surface area contributed by atoms with Gasteiger partial charge in [-0.3, -0.25) is 14.4 Å². The number of rotatable bonds is 84. The van der Waals surface area contributed by atoms with E-state index in [-0.39, 0.29) is 33.4 Å². The van der Waals surface area contributed by atoms with Gasteiger partial charge in [0.1, 0.15) is 18.3 Å². The number of hydrogen-bond acceptors (Lipinski definition) is 12. The monoisotopic (exact) mass is 1900 g/mol. The van der Waals surface area contributed by atoms with Gasteiger partial charge in [0, 0.05) is 16.7 Å². The number of aryl methyl sites for hydroxylation is 6. The lowest BCUT2D eigenvalue weighted by Gasteiger charge is -2.60. The van der Waals surface area contributed by atoms with E-state index in [2.05, 4.69) is 41.5 Å². The SMILES string of the molecule is CCCCCCCCCCCCCc1ccc(C(=O)O[C@@]2(C(=O)c3ccc(CCCCCCCCCCCCC)cc3)[C@@](OC(=O)c3ccc(CCCCCCCCCCCCC)cc3)(C(=O)c3ccc(CCCCCCCCCCCCC)cc3)[C@@H](O)[C@H](O)[C@@H](O)[C@@]2(OC(=O)c2ccc(CCCCCCCCCCCCC)cc2)C(=O)c2ccc(CCCCCCCCCCCCC)cc2)cc1. The summed E-state index contributed by atoms with van der Waals surface area (Å²) in [6, 6.07) is 39.5. The van der Waals surface area contributed by atoms with Gasteiger partial charge >= 0.3 is 17.9 Å². The van der Waals surface area contributed by atoms with E-state index in [4.69, 9.17) is 14.2 Å². The van der Waals surface area contributed by atoms with Crippen LogP contribution in [0.1, 0.15) is 561 Å². The molecule has 0 unspecified atom stereocenters. The molecule has 0 saturated heterocycles. The van der Waals surface area contributed by atoms with Crippen molar-refractivity contribution in [2.75, 3.05) is 0 Å². The first kappa shape index (κ1) is 118. The number of aliphatic hydroxyl groups excluding tert-OH is 3. The number of hydrogen-bond donors (Lipinski definition) is 3. The van der Waals surface area contributed by atoms with Crippen molar-refractivity contribution in [1.29, 1.82) is 0 Å². The fraction of sp³-hybridized carbons (Fsp3) is 0.667. The van der Waals surface area contributed by atoms with Crippen LogP contribution in [-0.4, -0.2) is 85.7 Å². The van der Waals surface area contributed by atoms with E-state index in [9.17, 15) is 15.3 Å². The van der Waals surface area contributed by atoms with Crippen LogP contribution in [0.15, 0.2) is 146 Å². The van der Waals surface area contributed by atoms with Crippen LogP contribution in [0.4, 0.5) is 0 Å². The third-order valence-electron chi connectivity index (χ3n) is 29.9. The minimum absolute atomic E-state index is 0.164. The molecular weight excluding hydrogens is 1710 g/mol. The van der Waals surface area contributed by atoms with E-state index in [0.29, 0.717) is 38.5 Å². The summed E-state index contributed by atoms with van der Waals surface area (Å²) in [5.41, 5.74) is -7.92. The Kier molecular flexibility index (Phi) is 61.3. The van der Waals surface area contributed by atoms with Crippen LogP contribution in [-0.2, 0) is 52.7 Å². The van der Waals surface area contributed by atoms with Crippen LogP contribution in [0, 0.1) is 0 Å². The molecule has 0 aromatic heterocycles. The molecule has 0 bridgehead atoms. The van der Waals surface area contributed by atoms with Crippen molar-refractivity contribution >= 4 is 35.3 Å². The van der Waals surface area contributed by atoms with Crippen LogP contribution in [0.2, 0.25) is 0 Å². The van der Waals surface area contributed by atoms with Gasteiger partial charge < -0.3 is 29.5 Å². The van der Waals surface area contributed by atoms with Gasteiger partial charge in [0.05, 0.1) is 16.7 Å². The Balaban J connectivity index is 1.44. The Morgan fingerprint density at radius 3 is 0.493 bits per heavy atom. The van der Waals surface area contributed by atoms with Crippen molar-refractivity contribution < 1.29 is 58.3 Å². The first-order chi connectivity index (χ1) is 67.6. The summed E-state index contributed by atoms with van der Waals surface area (Å²) in [5, 5.41) is 42.0. The summed E-state index contributed by atoms with van der Waals surface area (Å²) < 4.78 is 21.4. The number of ketones is 3. The molecule has 6 atom stereocenters. The van der Waals surface area contributed by atoms with E-state index in [1.807, 2.05) is 0 Å². The third kappa shape index (κ3) is 41.2. The largest absolute Gasteiger partial charge is 0.439 e.